The first-order chi connectivity index (χ1) is 23.9. The van der Waals surface area contributed by atoms with E-state index in [0.717, 1.165) is 42.6 Å². The average molecular weight is 723 g/mol. The predicted molar refractivity (Wildman–Crippen MR) is 186 cm³/mol. The van der Waals surface area contributed by atoms with E-state index in [9.17, 15) is 32.9 Å². The number of non-ortho nitro benzene ring substituents is 1. The van der Waals surface area contributed by atoms with E-state index in [4.69, 9.17) is 9.47 Å². The first-order valence-electron chi connectivity index (χ1n) is 16.1. The van der Waals surface area contributed by atoms with Crippen LogP contribution in [0.15, 0.2) is 95.2 Å². The van der Waals surface area contributed by atoms with Crippen LogP contribution in [0.3, 0.4) is 0 Å². The van der Waals surface area contributed by atoms with Gasteiger partial charge in [0.15, 0.2) is 6.61 Å². The van der Waals surface area contributed by atoms with E-state index in [1.807, 2.05) is 6.92 Å². The number of likely N-dealkylation sites (tertiary alicyclic amines) is 1. The van der Waals surface area contributed by atoms with Gasteiger partial charge in [0.25, 0.3) is 17.5 Å². The van der Waals surface area contributed by atoms with Crippen molar-refractivity contribution in [1.82, 2.24) is 15.5 Å². The molecule has 2 unspecified atom stereocenters. The normalized spacial score (nSPS) is 18.4. The third-order valence-corrected chi connectivity index (χ3v) is 12.1. The van der Waals surface area contributed by atoms with Gasteiger partial charge < -0.3 is 20.1 Å². The summed E-state index contributed by atoms with van der Waals surface area (Å²) in [5.41, 5.74) is 1.31. The molecule has 50 heavy (non-hydrogen) atoms. The molecule has 1 aliphatic carbocycles. The maximum atomic E-state index is 13.9. The monoisotopic (exact) mass is 722 g/mol. The van der Waals surface area contributed by atoms with E-state index in [1.165, 1.54) is 36.4 Å². The van der Waals surface area contributed by atoms with Crippen molar-refractivity contribution < 1.29 is 37.2 Å². The highest BCUT2D eigenvalue weighted by atomic mass is 33.1. The van der Waals surface area contributed by atoms with Crippen LogP contribution in [0, 0.1) is 17.0 Å². The fraction of sp³-hybridized carbons (Fsp3) is 0.343. The molecule has 5 rings (SSSR count). The van der Waals surface area contributed by atoms with Crippen molar-refractivity contribution in [3.63, 3.8) is 0 Å². The molecular weight excluding hydrogens is 685 g/mol. The number of carbonyl (C=O) groups is 3. The number of ether oxygens (including phenoxy) is 2. The Labute approximate surface area is 293 Å². The zero-order valence-electron chi connectivity index (χ0n) is 27.6. The first-order valence-corrected chi connectivity index (χ1v) is 19.0. The van der Waals surface area contributed by atoms with E-state index in [0.29, 0.717) is 27.8 Å². The molecule has 3 aromatic carbocycles. The quantitative estimate of drug-likeness (QED) is 0.0575. The van der Waals surface area contributed by atoms with Gasteiger partial charge in [-0.25, -0.2) is 13.2 Å². The Morgan fingerprint density at radius 3 is 2.26 bits per heavy atom. The number of nitrogens with zero attached hydrogens (tertiary/aromatic N) is 2. The fourth-order valence-corrected chi connectivity index (χ4v) is 9.16. The van der Waals surface area contributed by atoms with Crippen molar-refractivity contribution >= 4 is 43.1 Å². The van der Waals surface area contributed by atoms with Crippen molar-refractivity contribution in [3.05, 3.63) is 111 Å². The zero-order chi connectivity index (χ0) is 35.8. The van der Waals surface area contributed by atoms with Crippen LogP contribution >= 0.6 is 10.8 Å². The van der Waals surface area contributed by atoms with Crippen LogP contribution in [-0.2, 0) is 34.6 Å². The van der Waals surface area contributed by atoms with E-state index in [2.05, 4.69) is 10.6 Å². The summed E-state index contributed by atoms with van der Waals surface area (Å²) in [5.74, 6) is -1.84. The van der Waals surface area contributed by atoms with Crippen molar-refractivity contribution in [3.8, 4) is 5.75 Å². The van der Waals surface area contributed by atoms with Gasteiger partial charge in [-0.2, -0.15) is 0 Å². The Kier molecular flexibility index (Phi) is 11.8. The Morgan fingerprint density at radius 1 is 0.960 bits per heavy atom. The molecule has 1 saturated heterocycles. The van der Waals surface area contributed by atoms with Gasteiger partial charge in [0.1, 0.15) is 29.5 Å². The van der Waals surface area contributed by atoms with Gasteiger partial charge in [-0.05, 0) is 68.7 Å². The minimum atomic E-state index is -4.11. The number of nitro benzene ring substituents is 1. The van der Waals surface area contributed by atoms with Crippen LogP contribution in [0.5, 0.6) is 5.75 Å². The van der Waals surface area contributed by atoms with Crippen molar-refractivity contribution in [2.75, 3.05) is 6.61 Å². The number of rotatable bonds is 14. The van der Waals surface area contributed by atoms with Crippen LogP contribution in [0.1, 0.15) is 50.2 Å². The highest BCUT2D eigenvalue weighted by Crippen LogP contribution is 2.40. The second kappa shape index (κ2) is 16.2. The lowest BCUT2D eigenvalue weighted by atomic mass is 9.95. The number of esters is 1. The molecule has 0 radical (unpaired) electrons. The summed E-state index contributed by atoms with van der Waals surface area (Å²) >= 11 is 0. The molecule has 1 aliphatic heterocycles. The number of carbonyl (C=O) groups excluding carboxylic acids is 3. The molecule has 2 fully saturated rings. The third-order valence-electron chi connectivity index (χ3n) is 8.34. The molecule has 13 nitrogen and oxygen atoms in total. The number of benzene rings is 3. The number of β-lactam (4-membered cyclic amide) rings is 1. The zero-order valence-corrected chi connectivity index (χ0v) is 29.2. The second-order valence-electron chi connectivity index (χ2n) is 12.1. The lowest BCUT2D eigenvalue weighted by molar-refractivity contribution is -0.384. The summed E-state index contributed by atoms with van der Waals surface area (Å²) in [6.45, 7) is 2.74. The summed E-state index contributed by atoms with van der Waals surface area (Å²) in [7, 11) is -3.67. The van der Waals surface area contributed by atoms with Gasteiger partial charge >= 0.3 is 5.97 Å². The topological polar surface area (TPSA) is 174 Å². The molecule has 3 aromatic rings. The van der Waals surface area contributed by atoms with Gasteiger partial charge in [0, 0.05) is 34.7 Å². The maximum absolute atomic E-state index is 13.9. The highest BCUT2D eigenvalue weighted by Gasteiger charge is 2.54. The summed E-state index contributed by atoms with van der Waals surface area (Å²) in [5, 5.41) is 15.8. The molecule has 2 amide bonds. The molecule has 1 saturated carbocycles. The van der Waals surface area contributed by atoms with Crippen LogP contribution < -0.4 is 15.4 Å². The molecule has 15 heteroatoms. The largest absolute Gasteiger partial charge is 0.484 e. The smallest absolute Gasteiger partial charge is 0.357 e. The molecule has 0 bridgehead atoms. The van der Waals surface area contributed by atoms with Gasteiger partial charge in [-0.3, -0.25) is 24.6 Å². The Balaban J connectivity index is 1.44. The number of amides is 2. The first kappa shape index (κ1) is 36.4. The highest BCUT2D eigenvalue weighted by molar-refractivity contribution is 8.72. The minimum Gasteiger partial charge on any atom is -0.484 e. The lowest BCUT2D eigenvalue weighted by Crippen LogP contribution is -2.70. The molecule has 2 atom stereocenters. The fourth-order valence-electron chi connectivity index (χ4n) is 5.69. The Bertz CT molecular complexity index is 1840. The summed E-state index contributed by atoms with van der Waals surface area (Å²) in [6, 6.07) is 19.0. The molecule has 0 aromatic heterocycles. The Morgan fingerprint density at radius 2 is 1.62 bits per heavy atom. The predicted octanol–water partition coefficient (Wildman–Crippen LogP) is 4.95. The lowest BCUT2D eigenvalue weighted by Gasteiger charge is -2.46. The van der Waals surface area contributed by atoms with Crippen molar-refractivity contribution in [2.24, 2.45) is 0 Å². The number of hydrogen-bond donors (Lipinski definition) is 2. The second-order valence-corrected chi connectivity index (χ2v) is 16.0. The molecule has 2 N–H and O–H groups in total. The van der Waals surface area contributed by atoms with E-state index in [1.54, 1.807) is 49.4 Å². The summed E-state index contributed by atoms with van der Waals surface area (Å²) < 4.78 is 38.5. The number of hydrogen-bond acceptors (Lipinski definition) is 11. The van der Waals surface area contributed by atoms with Crippen LogP contribution in [0.2, 0.25) is 0 Å². The number of para-hydroxylation sites is 1. The van der Waals surface area contributed by atoms with Crippen LogP contribution in [0.4, 0.5) is 5.69 Å². The standard InChI is InChI=1S/C35H38N4O9S2/c1-23-13-19-29(20-14-23)50(45,46)49-34-31(37-30(40)22-47-28-11-7-4-8-12-28)33(41)38(34)32(24(2)36-26-9-5-3-6-10-26)35(42)48-21-25-15-17-27(18-16-25)39(43)44/h4,7-8,11-20,26,31,34,36H,3,5-6,9-10,21-22H2,1-2H3,(H,37,40). The number of aryl methyl sites for hydroxylation is 1. The molecule has 264 valence electrons. The van der Waals surface area contributed by atoms with Crippen molar-refractivity contribution in [1.29, 1.82) is 0 Å². The van der Waals surface area contributed by atoms with Gasteiger partial charge in [-0.15, -0.1) is 0 Å². The van der Waals surface area contributed by atoms with E-state index >= 15 is 0 Å². The Hall–Kier alpha value is -4.89. The van der Waals surface area contributed by atoms with Crippen LogP contribution in [-0.4, -0.2) is 60.1 Å². The molecule has 0 spiro atoms. The number of allylic oxidation sites excluding steroid dienone is 1. The summed E-state index contributed by atoms with van der Waals surface area (Å²) in [6.07, 6.45) is 4.74. The van der Waals surface area contributed by atoms with E-state index < -0.39 is 49.6 Å². The van der Waals surface area contributed by atoms with E-state index in [-0.39, 0.29) is 28.9 Å². The molecule has 1 heterocycles. The number of nitrogens with one attached hydrogen (secondary N) is 2. The molecular formula is C35H38N4O9S2. The minimum absolute atomic E-state index is 0.00628. The average Bonchev–Trinajstić information content (AvgIpc) is 3.11. The number of nitro groups is 1. The maximum Gasteiger partial charge on any atom is 0.357 e. The summed E-state index contributed by atoms with van der Waals surface area (Å²) in [4.78, 5) is 52.3. The molecule has 2 aliphatic rings. The van der Waals surface area contributed by atoms with Gasteiger partial charge in [-0.1, -0.05) is 55.2 Å². The van der Waals surface area contributed by atoms with Gasteiger partial charge in [0.2, 0.25) is 8.87 Å². The SMILES string of the molecule is CC(NC1CCCCC1)=C(C(=O)OCc1ccc([N+](=O)[O-])cc1)N1C(=O)C(NC(=O)COc2ccccc2)C1SS(=O)(=O)c1ccc(C)cc1. The van der Waals surface area contributed by atoms with Crippen LogP contribution in [0.25, 0.3) is 0 Å². The van der Waals surface area contributed by atoms with Crippen molar-refractivity contribution in [2.45, 2.75) is 74.9 Å². The van der Waals surface area contributed by atoms with Gasteiger partial charge in [0.05, 0.1) is 9.82 Å². The third kappa shape index (κ3) is 9.01.